The van der Waals surface area contributed by atoms with Gasteiger partial charge in [0.1, 0.15) is 5.82 Å². The zero-order valence-electron chi connectivity index (χ0n) is 13.4. The highest BCUT2D eigenvalue weighted by Crippen LogP contribution is 2.28. The molecule has 1 aromatic carbocycles. The van der Waals surface area contributed by atoms with E-state index in [0.29, 0.717) is 6.04 Å². The lowest BCUT2D eigenvalue weighted by Gasteiger charge is -2.32. The first-order chi connectivity index (χ1) is 11.2. The van der Waals surface area contributed by atoms with Gasteiger partial charge in [-0.15, -0.1) is 0 Å². The average Bonchev–Trinajstić information content (AvgIpc) is 2.58. The maximum Gasteiger partial charge on any atom is 0.123 e. The SMILES string of the molecule is NC1CCCN(CCC(c2ccncc2)c2ccc(F)cc2)C1. The Bertz CT molecular complexity index is 600. The van der Waals surface area contributed by atoms with Gasteiger partial charge in [-0.1, -0.05) is 12.1 Å². The van der Waals surface area contributed by atoms with Gasteiger partial charge < -0.3 is 10.6 Å². The number of benzene rings is 1. The third-order valence-corrected chi connectivity index (χ3v) is 4.66. The van der Waals surface area contributed by atoms with E-state index in [9.17, 15) is 4.39 Å². The number of halogens is 1. The van der Waals surface area contributed by atoms with Crippen molar-refractivity contribution in [1.29, 1.82) is 0 Å². The van der Waals surface area contributed by atoms with Crippen LogP contribution >= 0.6 is 0 Å². The van der Waals surface area contributed by atoms with E-state index in [0.717, 1.165) is 38.0 Å². The van der Waals surface area contributed by atoms with Crippen molar-refractivity contribution in [3.63, 3.8) is 0 Å². The van der Waals surface area contributed by atoms with Gasteiger partial charge in [0.2, 0.25) is 0 Å². The van der Waals surface area contributed by atoms with E-state index < -0.39 is 0 Å². The van der Waals surface area contributed by atoms with Gasteiger partial charge >= 0.3 is 0 Å². The van der Waals surface area contributed by atoms with E-state index in [-0.39, 0.29) is 11.7 Å². The van der Waals surface area contributed by atoms with E-state index in [1.807, 2.05) is 24.5 Å². The molecule has 2 N–H and O–H groups in total. The minimum absolute atomic E-state index is 0.191. The molecular formula is C19H24FN3. The maximum absolute atomic E-state index is 13.2. The van der Waals surface area contributed by atoms with Gasteiger partial charge in [0, 0.05) is 30.9 Å². The van der Waals surface area contributed by atoms with Gasteiger partial charge in [0.05, 0.1) is 0 Å². The second-order valence-corrected chi connectivity index (χ2v) is 6.38. The normalized spacial score (nSPS) is 20.3. The highest BCUT2D eigenvalue weighted by atomic mass is 19.1. The summed E-state index contributed by atoms with van der Waals surface area (Å²) in [6.07, 6.45) is 6.95. The number of nitrogens with two attached hydrogens (primary N) is 1. The second kappa shape index (κ2) is 7.66. The summed E-state index contributed by atoms with van der Waals surface area (Å²) in [4.78, 5) is 6.56. The predicted octanol–water partition coefficient (Wildman–Crippen LogP) is 3.17. The Morgan fingerprint density at radius 2 is 1.83 bits per heavy atom. The molecule has 4 heteroatoms. The zero-order chi connectivity index (χ0) is 16.1. The van der Waals surface area contributed by atoms with Crippen molar-refractivity contribution >= 4 is 0 Å². The predicted molar refractivity (Wildman–Crippen MR) is 90.7 cm³/mol. The van der Waals surface area contributed by atoms with E-state index in [4.69, 9.17) is 5.73 Å². The molecule has 1 aliphatic heterocycles. The highest BCUT2D eigenvalue weighted by Gasteiger charge is 2.20. The summed E-state index contributed by atoms with van der Waals surface area (Å²) in [6.45, 7) is 3.12. The molecule has 1 fully saturated rings. The van der Waals surface area contributed by atoms with Crippen LogP contribution in [0.15, 0.2) is 48.8 Å². The molecule has 0 spiro atoms. The van der Waals surface area contributed by atoms with Crippen LogP contribution in [0.3, 0.4) is 0 Å². The van der Waals surface area contributed by atoms with Crippen LogP contribution in [0.25, 0.3) is 0 Å². The Hall–Kier alpha value is -1.78. The minimum Gasteiger partial charge on any atom is -0.327 e. The Kier molecular flexibility index (Phi) is 5.36. The van der Waals surface area contributed by atoms with E-state index in [2.05, 4.69) is 22.0 Å². The van der Waals surface area contributed by atoms with Crippen molar-refractivity contribution in [1.82, 2.24) is 9.88 Å². The Morgan fingerprint density at radius 1 is 1.13 bits per heavy atom. The van der Waals surface area contributed by atoms with Gasteiger partial charge in [-0.05, 0) is 67.7 Å². The van der Waals surface area contributed by atoms with Crippen molar-refractivity contribution in [2.45, 2.75) is 31.2 Å². The van der Waals surface area contributed by atoms with Crippen LogP contribution in [0.1, 0.15) is 36.3 Å². The number of pyridine rings is 1. The number of hydrogen-bond acceptors (Lipinski definition) is 3. The lowest BCUT2D eigenvalue weighted by Crippen LogP contribution is -2.43. The average molecular weight is 313 g/mol. The lowest BCUT2D eigenvalue weighted by molar-refractivity contribution is 0.204. The fraction of sp³-hybridized carbons (Fsp3) is 0.421. The fourth-order valence-corrected chi connectivity index (χ4v) is 3.42. The molecule has 0 aliphatic carbocycles. The molecule has 1 saturated heterocycles. The summed E-state index contributed by atoms with van der Waals surface area (Å²) in [7, 11) is 0. The van der Waals surface area contributed by atoms with Crippen molar-refractivity contribution in [2.24, 2.45) is 5.73 Å². The van der Waals surface area contributed by atoms with E-state index in [1.165, 1.54) is 12.0 Å². The van der Waals surface area contributed by atoms with Gasteiger partial charge in [0.25, 0.3) is 0 Å². The Labute approximate surface area is 137 Å². The number of nitrogens with zero attached hydrogens (tertiary/aromatic N) is 2. The molecule has 1 aromatic heterocycles. The first-order valence-electron chi connectivity index (χ1n) is 8.35. The topological polar surface area (TPSA) is 42.1 Å². The van der Waals surface area contributed by atoms with Crippen LogP contribution in [-0.2, 0) is 0 Å². The summed E-state index contributed by atoms with van der Waals surface area (Å²) in [5, 5.41) is 0. The van der Waals surface area contributed by atoms with Crippen LogP contribution in [-0.4, -0.2) is 35.6 Å². The van der Waals surface area contributed by atoms with Crippen LogP contribution < -0.4 is 5.73 Å². The molecule has 122 valence electrons. The highest BCUT2D eigenvalue weighted by molar-refractivity contribution is 5.31. The largest absolute Gasteiger partial charge is 0.327 e. The third kappa shape index (κ3) is 4.36. The van der Waals surface area contributed by atoms with Gasteiger partial charge in [-0.2, -0.15) is 0 Å². The standard InChI is InChI=1S/C19H24FN3/c20-17-5-3-15(4-6-17)19(16-7-10-22-11-8-16)9-13-23-12-1-2-18(21)14-23/h3-8,10-11,18-19H,1-2,9,12-14,21H2. The summed E-state index contributed by atoms with van der Waals surface area (Å²) < 4.78 is 13.2. The van der Waals surface area contributed by atoms with E-state index in [1.54, 1.807) is 12.1 Å². The zero-order valence-corrected chi connectivity index (χ0v) is 13.4. The molecule has 2 heterocycles. The van der Waals surface area contributed by atoms with Crippen molar-refractivity contribution in [2.75, 3.05) is 19.6 Å². The molecule has 0 radical (unpaired) electrons. The molecule has 3 nitrogen and oxygen atoms in total. The van der Waals surface area contributed by atoms with Crippen molar-refractivity contribution < 1.29 is 4.39 Å². The van der Waals surface area contributed by atoms with Gasteiger partial charge in [-0.3, -0.25) is 4.98 Å². The number of piperidine rings is 1. The van der Waals surface area contributed by atoms with Crippen molar-refractivity contribution in [3.05, 3.63) is 65.7 Å². The molecule has 23 heavy (non-hydrogen) atoms. The summed E-state index contributed by atoms with van der Waals surface area (Å²) in [6, 6.07) is 11.3. The molecule has 2 aromatic rings. The summed E-state index contributed by atoms with van der Waals surface area (Å²) >= 11 is 0. The molecule has 0 saturated carbocycles. The van der Waals surface area contributed by atoms with Crippen molar-refractivity contribution in [3.8, 4) is 0 Å². The smallest absolute Gasteiger partial charge is 0.123 e. The second-order valence-electron chi connectivity index (χ2n) is 6.38. The molecular weight excluding hydrogens is 289 g/mol. The summed E-state index contributed by atoms with van der Waals surface area (Å²) in [5.41, 5.74) is 8.46. The first-order valence-corrected chi connectivity index (χ1v) is 8.35. The molecule has 1 aliphatic rings. The fourth-order valence-electron chi connectivity index (χ4n) is 3.42. The maximum atomic E-state index is 13.2. The third-order valence-electron chi connectivity index (χ3n) is 4.66. The minimum atomic E-state index is -0.191. The van der Waals surface area contributed by atoms with Crippen LogP contribution in [0, 0.1) is 5.82 Å². The molecule has 2 atom stereocenters. The number of aromatic nitrogens is 1. The molecule has 3 rings (SSSR count). The Balaban J connectivity index is 1.74. The van der Waals surface area contributed by atoms with Crippen LogP contribution in [0.5, 0.6) is 0 Å². The number of hydrogen-bond donors (Lipinski definition) is 1. The molecule has 0 amide bonds. The molecule has 2 unspecified atom stereocenters. The van der Waals surface area contributed by atoms with Crippen LogP contribution in [0.2, 0.25) is 0 Å². The van der Waals surface area contributed by atoms with Gasteiger partial charge in [-0.25, -0.2) is 4.39 Å². The summed E-state index contributed by atoms with van der Waals surface area (Å²) in [5.74, 6) is 0.0704. The van der Waals surface area contributed by atoms with E-state index >= 15 is 0 Å². The quantitative estimate of drug-likeness (QED) is 0.922. The van der Waals surface area contributed by atoms with Crippen LogP contribution in [0.4, 0.5) is 4.39 Å². The Morgan fingerprint density at radius 3 is 2.52 bits per heavy atom. The number of likely N-dealkylation sites (tertiary alicyclic amines) is 1. The monoisotopic (exact) mass is 313 g/mol. The number of rotatable bonds is 5. The van der Waals surface area contributed by atoms with Gasteiger partial charge in [0.15, 0.2) is 0 Å². The molecule has 0 bridgehead atoms. The first kappa shape index (κ1) is 16.1. The lowest BCUT2D eigenvalue weighted by atomic mass is 9.88.